The predicted molar refractivity (Wildman–Crippen MR) is 132 cm³/mol. The first-order chi connectivity index (χ1) is 16.8. The number of fused-ring (bicyclic) bond motifs is 5. The first-order valence-electron chi connectivity index (χ1n) is 11.2. The van der Waals surface area contributed by atoms with Crippen molar-refractivity contribution in [3.05, 3.63) is 34.9 Å². The van der Waals surface area contributed by atoms with Crippen molar-refractivity contribution < 1.29 is 23.9 Å². The topological polar surface area (TPSA) is 158 Å². The van der Waals surface area contributed by atoms with Crippen LogP contribution in [0.3, 0.4) is 0 Å². The zero-order valence-corrected chi connectivity index (χ0v) is 20.8. The molecule has 0 unspecified atom stereocenters. The van der Waals surface area contributed by atoms with Crippen molar-refractivity contribution in [1.82, 2.24) is 25.9 Å². The van der Waals surface area contributed by atoms with Gasteiger partial charge in [-0.05, 0) is 37.1 Å². The lowest BCUT2D eigenvalue weighted by molar-refractivity contribution is -0.120. The molecule has 1 aromatic heterocycles. The number of alkyl carbamates (subject to hydrolysis) is 1. The molecule has 1 aliphatic rings. The monoisotopic (exact) mass is 502 g/mol. The molecule has 0 radical (unpaired) electrons. The number of nitrogens with one attached hydrogen (secondary N) is 3. The van der Waals surface area contributed by atoms with E-state index < -0.39 is 18.2 Å². The molecule has 1 aromatic carbocycles. The Morgan fingerprint density at radius 2 is 1.97 bits per heavy atom. The standard InChI is InChI=1S/C23H30N6O5S/c1-13-10-14(2)16-11-15(13)17-12-20(29-22(24)27-17)35-9-5-18(30)25-6-4-19(28-21(16)31)34-23(32)26-7-8-33-3/h10-12,19H,4-9H2,1-3H3,(H,25,30)(H,26,32)(H,28,31)(H2,24,27,29)/t19-/m0/s1. The minimum Gasteiger partial charge on any atom is -0.425 e. The summed E-state index contributed by atoms with van der Waals surface area (Å²) in [6.45, 7) is 4.54. The van der Waals surface area contributed by atoms with Crippen LogP contribution in [0.4, 0.5) is 10.7 Å². The van der Waals surface area contributed by atoms with E-state index in [2.05, 4.69) is 25.9 Å². The summed E-state index contributed by atoms with van der Waals surface area (Å²) in [5.74, 6) is 0.0136. The van der Waals surface area contributed by atoms with E-state index >= 15 is 0 Å². The number of aryl methyl sites for hydroxylation is 2. The van der Waals surface area contributed by atoms with Crippen LogP contribution in [0, 0.1) is 13.8 Å². The maximum Gasteiger partial charge on any atom is 0.409 e. The molecule has 0 saturated carbocycles. The molecule has 12 heteroatoms. The molecule has 188 valence electrons. The van der Waals surface area contributed by atoms with E-state index in [4.69, 9.17) is 15.2 Å². The van der Waals surface area contributed by atoms with Gasteiger partial charge < -0.3 is 31.2 Å². The van der Waals surface area contributed by atoms with Crippen LogP contribution in [0.15, 0.2) is 23.2 Å². The van der Waals surface area contributed by atoms with E-state index in [1.165, 1.54) is 18.9 Å². The number of carbonyl (C=O) groups excluding carboxylic acids is 3. The second-order valence-corrected chi connectivity index (χ2v) is 9.07. The molecule has 0 saturated heterocycles. The number of methoxy groups -OCH3 is 1. The average molecular weight is 503 g/mol. The molecule has 2 aromatic rings. The van der Waals surface area contributed by atoms with Crippen LogP contribution in [-0.2, 0) is 14.3 Å². The second kappa shape index (κ2) is 12.4. The smallest absolute Gasteiger partial charge is 0.409 e. The minimum atomic E-state index is -0.960. The molecule has 4 bridgehead atoms. The molecule has 3 rings (SSSR count). The number of rotatable bonds is 4. The second-order valence-electron chi connectivity index (χ2n) is 7.96. The van der Waals surface area contributed by atoms with Crippen LogP contribution >= 0.6 is 11.8 Å². The fourth-order valence-corrected chi connectivity index (χ4v) is 4.37. The summed E-state index contributed by atoms with van der Waals surface area (Å²) >= 11 is 1.40. The number of carbonyl (C=O) groups is 3. The average Bonchev–Trinajstić information content (AvgIpc) is 2.78. The number of hydrogen-bond donors (Lipinski definition) is 4. The third-order valence-electron chi connectivity index (χ3n) is 5.24. The molecule has 11 nitrogen and oxygen atoms in total. The molecule has 0 fully saturated rings. The third kappa shape index (κ3) is 7.55. The fourth-order valence-electron chi connectivity index (χ4n) is 3.52. The van der Waals surface area contributed by atoms with Gasteiger partial charge in [0, 0.05) is 49.9 Å². The van der Waals surface area contributed by atoms with Gasteiger partial charge in [0.2, 0.25) is 11.9 Å². The van der Waals surface area contributed by atoms with Gasteiger partial charge in [-0.3, -0.25) is 9.59 Å². The van der Waals surface area contributed by atoms with Crippen LogP contribution in [0.2, 0.25) is 0 Å². The highest BCUT2D eigenvalue weighted by molar-refractivity contribution is 7.99. The number of anilines is 1. The van der Waals surface area contributed by atoms with E-state index in [1.807, 2.05) is 19.9 Å². The molecule has 35 heavy (non-hydrogen) atoms. The molecular formula is C23H30N6O5S. The number of thioether (sulfide) groups is 1. The van der Waals surface area contributed by atoms with E-state index in [0.717, 1.165) is 16.7 Å². The third-order valence-corrected chi connectivity index (χ3v) is 6.15. The van der Waals surface area contributed by atoms with Crippen molar-refractivity contribution in [3.8, 4) is 11.3 Å². The van der Waals surface area contributed by atoms with Crippen molar-refractivity contribution in [2.75, 3.05) is 38.3 Å². The quantitative estimate of drug-likeness (QED) is 0.361. The van der Waals surface area contributed by atoms with Gasteiger partial charge in [-0.15, -0.1) is 11.8 Å². The first kappa shape index (κ1) is 26.2. The highest BCUT2D eigenvalue weighted by atomic mass is 32.2. The number of nitrogens with zero attached hydrogens (tertiary/aromatic N) is 2. The Hall–Kier alpha value is -3.38. The number of benzene rings is 1. The lowest BCUT2D eigenvalue weighted by Crippen LogP contribution is -2.43. The molecule has 1 atom stereocenters. The van der Waals surface area contributed by atoms with Crippen LogP contribution in [0.1, 0.15) is 34.3 Å². The molecule has 2 heterocycles. The summed E-state index contributed by atoms with van der Waals surface area (Å²) in [5, 5.41) is 8.74. The first-order valence-corrected chi connectivity index (χ1v) is 12.2. The highest BCUT2D eigenvalue weighted by Crippen LogP contribution is 2.29. The highest BCUT2D eigenvalue weighted by Gasteiger charge is 2.21. The summed E-state index contributed by atoms with van der Waals surface area (Å²) < 4.78 is 10.3. The van der Waals surface area contributed by atoms with Gasteiger partial charge >= 0.3 is 6.09 Å². The summed E-state index contributed by atoms with van der Waals surface area (Å²) in [4.78, 5) is 46.3. The van der Waals surface area contributed by atoms with Crippen LogP contribution in [0.25, 0.3) is 11.3 Å². The Labute approximate surface area is 207 Å². The zero-order chi connectivity index (χ0) is 25.4. The van der Waals surface area contributed by atoms with E-state index in [-0.39, 0.29) is 37.8 Å². The zero-order valence-electron chi connectivity index (χ0n) is 20.0. The summed E-state index contributed by atoms with van der Waals surface area (Å²) in [6, 6.07) is 5.44. The maximum atomic E-state index is 13.2. The van der Waals surface area contributed by atoms with Crippen molar-refractivity contribution in [3.63, 3.8) is 0 Å². The van der Waals surface area contributed by atoms with Gasteiger partial charge in [0.15, 0.2) is 6.23 Å². The van der Waals surface area contributed by atoms with Crippen LogP contribution in [-0.4, -0.2) is 66.7 Å². The number of nitrogens with two attached hydrogens (primary N) is 1. The van der Waals surface area contributed by atoms with Gasteiger partial charge in [-0.25, -0.2) is 14.8 Å². The Morgan fingerprint density at radius 3 is 2.74 bits per heavy atom. The summed E-state index contributed by atoms with van der Waals surface area (Å²) in [6.07, 6.45) is -1.21. The normalized spacial score (nSPS) is 16.7. The SMILES string of the molecule is COCCNC(=O)O[C@H]1CCNC(=O)CCSc2cc(nc(N)n2)-c2cc(c(C)cc2C)C(=O)N1. The van der Waals surface area contributed by atoms with Crippen molar-refractivity contribution in [1.29, 1.82) is 0 Å². The maximum absolute atomic E-state index is 13.2. The van der Waals surface area contributed by atoms with Gasteiger partial charge in [0.1, 0.15) is 5.03 Å². The van der Waals surface area contributed by atoms with E-state index in [1.54, 1.807) is 12.1 Å². The lowest BCUT2D eigenvalue weighted by Gasteiger charge is -2.21. The fraction of sp³-hybridized carbons (Fsp3) is 0.435. The van der Waals surface area contributed by atoms with Gasteiger partial charge in [0.05, 0.1) is 12.3 Å². The van der Waals surface area contributed by atoms with Gasteiger partial charge in [-0.1, -0.05) is 6.07 Å². The molecule has 0 aliphatic carbocycles. The Bertz CT molecular complexity index is 1100. The van der Waals surface area contributed by atoms with E-state index in [9.17, 15) is 14.4 Å². The van der Waals surface area contributed by atoms with Crippen molar-refractivity contribution in [2.45, 2.75) is 37.9 Å². The van der Waals surface area contributed by atoms with Gasteiger partial charge in [-0.2, -0.15) is 0 Å². The molecule has 0 spiro atoms. The largest absolute Gasteiger partial charge is 0.425 e. The Morgan fingerprint density at radius 1 is 1.20 bits per heavy atom. The van der Waals surface area contributed by atoms with Crippen LogP contribution in [0.5, 0.6) is 0 Å². The van der Waals surface area contributed by atoms with Gasteiger partial charge in [0.25, 0.3) is 5.91 Å². The Kier molecular flexibility index (Phi) is 9.26. The lowest BCUT2D eigenvalue weighted by atomic mass is 9.97. The van der Waals surface area contributed by atoms with E-state index in [0.29, 0.717) is 28.6 Å². The molecular weight excluding hydrogens is 472 g/mol. The minimum absolute atomic E-state index is 0.106. The number of hydrogen-bond acceptors (Lipinski definition) is 9. The predicted octanol–water partition coefficient (Wildman–Crippen LogP) is 1.77. The number of aromatic nitrogens is 2. The molecule has 3 amide bonds. The summed E-state index contributed by atoms with van der Waals surface area (Å²) in [7, 11) is 1.52. The van der Waals surface area contributed by atoms with Crippen LogP contribution < -0.4 is 21.7 Å². The van der Waals surface area contributed by atoms with Crippen molar-refractivity contribution >= 4 is 35.6 Å². The number of ether oxygens (including phenoxy) is 2. The Balaban J connectivity index is 1.93. The number of amides is 3. The van der Waals surface area contributed by atoms with Crippen molar-refractivity contribution in [2.24, 2.45) is 0 Å². The number of nitrogen functional groups attached to an aromatic ring is 1. The summed E-state index contributed by atoms with van der Waals surface area (Å²) in [5.41, 5.74) is 9.32. The molecule has 1 aliphatic heterocycles. The molecule has 5 N–H and O–H groups in total.